The van der Waals surface area contributed by atoms with Crippen molar-refractivity contribution in [2.24, 2.45) is 0 Å². The van der Waals surface area contributed by atoms with Crippen molar-refractivity contribution in [3.63, 3.8) is 0 Å². The van der Waals surface area contributed by atoms with Crippen molar-refractivity contribution in [3.05, 3.63) is 47.3 Å². The first kappa shape index (κ1) is 17.8. The summed E-state index contributed by atoms with van der Waals surface area (Å²) in [4.78, 5) is 24.1. The van der Waals surface area contributed by atoms with Gasteiger partial charge in [-0.3, -0.25) is 9.59 Å². The molecule has 25 heavy (non-hydrogen) atoms. The van der Waals surface area contributed by atoms with Crippen LogP contribution in [0.5, 0.6) is 0 Å². The van der Waals surface area contributed by atoms with E-state index < -0.39 is 16.1 Å². The number of carbonyl (C=O) groups is 2. The van der Waals surface area contributed by atoms with Crippen LogP contribution in [0.2, 0.25) is 0 Å². The number of nitrogens with one attached hydrogen (secondary N) is 1. The molecular weight excluding hydrogens is 360 g/mol. The van der Waals surface area contributed by atoms with Gasteiger partial charge in [0.1, 0.15) is 10.3 Å². The molecule has 2 heterocycles. The van der Waals surface area contributed by atoms with Crippen LogP contribution in [-0.4, -0.2) is 37.0 Å². The number of amides is 1. The van der Waals surface area contributed by atoms with Crippen LogP contribution in [0.25, 0.3) is 0 Å². The molecule has 3 rings (SSSR count). The van der Waals surface area contributed by atoms with Crippen LogP contribution in [0.4, 0.5) is 5.69 Å². The number of hydrogen-bond donors (Lipinski definition) is 1. The largest absolute Gasteiger partial charge is 0.325 e. The van der Waals surface area contributed by atoms with Gasteiger partial charge in [-0.2, -0.15) is 4.31 Å². The number of hydrogen-bond acceptors (Lipinski definition) is 5. The van der Waals surface area contributed by atoms with Gasteiger partial charge in [0.15, 0.2) is 5.78 Å². The second-order valence-electron chi connectivity index (χ2n) is 5.83. The first-order valence-electron chi connectivity index (χ1n) is 7.87. The number of rotatable bonds is 5. The normalized spacial score (nSPS) is 18.2. The highest BCUT2D eigenvalue weighted by Gasteiger charge is 2.39. The third kappa shape index (κ3) is 3.65. The Morgan fingerprint density at radius 2 is 2.04 bits per heavy atom. The summed E-state index contributed by atoms with van der Waals surface area (Å²) in [5.41, 5.74) is 0.977. The second-order valence-corrected chi connectivity index (χ2v) is 8.90. The van der Waals surface area contributed by atoms with Crippen molar-refractivity contribution in [1.29, 1.82) is 0 Å². The minimum absolute atomic E-state index is 0.0983. The molecule has 8 heteroatoms. The fraction of sp³-hybridized carbons (Fsp3) is 0.294. The Balaban J connectivity index is 1.80. The van der Waals surface area contributed by atoms with Crippen LogP contribution < -0.4 is 5.32 Å². The van der Waals surface area contributed by atoms with Gasteiger partial charge in [-0.25, -0.2) is 8.42 Å². The molecule has 0 saturated carbocycles. The lowest BCUT2D eigenvalue weighted by Crippen LogP contribution is -2.42. The molecule has 0 bridgehead atoms. The third-order valence-electron chi connectivity index (χ3n) is 4.10. The minimum atomic E-state index is -3.67. The fourth-order valence-corrected chi connectivity index (χ4v) is 5.63. The summed E-state index contributed by atoms with van der Waals surface area (Å²) >= 11 is 1.14. The van der Waals surface area contributed by atoms with Crippen molar-refractivity contribution in [3.8, 4) is 0 Å². The highest BCUT2D eigenvalue weighted by molar-refractivity contribution is 7.91. The standard InChI is InChI=1S/C17H18N2O4S2/c1-12(20)13-5-2-6-14(11-13)18-17(21)15-7-3-9-19(15)25(22,23)16-8-4-10-24-16/h2,4-6,8,10-11,15H,3,7,9H2,1H3,(H,18,21)/t15-/m1/s1. The summed E-state index contributed by atoms with van der Waals surface area (Å²) in [5, 5.41) is 4.43. The zero-order valence-electron chi connectivity index (χ0n) is 13.6. The van der Waals surface area contributed by atoms with Gasteiger partial charge >= 0.3 is 0 Å². The van der Waals surface area contributed by atoms with Gasteiger partial charge in [-0.05, 0) is 43.3 Å². The van der Waals surface area contributed by atoms with Crippen molar-refractivity contribution in [1.82, 2.24) is 4.31 Å². The van der Waals surface area contributed by atoms with E-state index in [1.807, 2.05) is 0 Å². The molecule has 0 spiro atoms. The van der Waals surface area contributed by atoms with Crippen molar-refractivity contribution >= 4 is 38.7 Å². The molecule has 6 nitrogen and oxygen atoms in total. The van der Waals surface area contributed by atoms with Crippen LogP contribution >= 0.6 is 11.3 Å². The van der Waals surface area contributed by atoms with Crippen LogP contribution in [0, 0.1) is 0 Å². The van der Waals surface area contributed by atoms with Crippen LogP contribution in [0.3, 0.4) is 0 Å². The molecule has 132 valence electrons. The molecule has 1 aliphatic heterocycles. The first-order chi connectivity index (χ1) is 11.9. The Hall–Kier alpha value is -2.03. The van der Waals surface area contributed by atoms with Gasteiger partial charge < -0.3 is 5.32 Å². The predicted octanol–water partition coefficient (Wildman–Crippen LogP) is 2.74. The fourth-order valence-electron chi connectivity index (χ4n) is 2.86. The molecule has 1 aromatic carbocycles. The molecule has 1 saturated heterocycles. The molecule has 0 aliphatic carbocycles. The van der Waals surface area contributed by atoms with Gasteiger partial charge in [0, 0.05) is 17.8 Å². The van der Waals surface area contributed by atoms with E-state index in [2.05, 4.69) is 5.32 Å². The van der Waals surface area contributed by atoms with Crippen molar-refractivity contribution in [2.45, 2.75) is 30.0 Å². The topological polar surface area (TPSA) is 83.6 Å². The van der Waals surface area contributed by atoms with Crippen molar-refractivity contribution in [2.75, 3.05) is 11.9 Å². The molecular formula is C17H18N2O4S2. The SMILES string of the molecule is CC(=O)c1cccc(NC(=O)[C@H]2CCCN2S(=O)(=O)c2cccs2)c1. The van der Waals surface area contributed by atoms with E-state index in [9.17, 15) is 18.0 Å². The average Bonchev–Trinajstić information content (AvgIpc) is 3.27. The van der Waals surface area contributed by atoms with E-state index in [0.717, 1.165) is 11.3 Å². The third-order valence-corrected chi connectivity index (χ3v) is 7.38. The number of nitrogens with zero attached hydrogens (tertiary/aromatic N) is 1. The molecule has 1 aromatic heterocycles. The van der Waals surface area contributed by atoms with Crippen LogP contribution in [0.1, 0.15) is 30.1 Å². The zero-order chi connectivity index (χ0) is 18.0. The number of benzene rings is 1. The maximum atomic E-state index is 12.7. The van der Waals surface area contributed by atoms with Gasteiger partial charge in [0.2, 0.25) is 5.91 Å². The van der Waals surface area contributed by atoms with Gasteiger partial charge in [-0.15, -0.1) is 11.3 Å². The summed E-state index contributed by atoms with van der Waals surface area (Å²) in [6, 6.07) is 9.10. The van der Waals surface area contributed by atoms with E-state index in [1.165, 1.54) is 11.2 Å². The lowest BCUT2D eigenvalue weighted by atomic mass is 10.1. The Morgan fingerprint density at radius 3 is 2.72 bits per heavy atom. The number of ketones is 1. The first-order valence-corrected chi connectivity index (χ1v) is 10.2. The molecule has 1 aliphatic rings. The van der Waals surface area contributed by atoms with Crippen LogP contribution in [-0.2, 0) is 14.8 Å². The smallest absolute Gasteiger partial charge is 0.253 e. The number of thiophene rings is 1. The maximum absolute atomic E-state index is 12.7. The Morgan fingerprint density at radius 1 is 1.24 bits per heavy atom. The quantitative estimate of drug-likeness (QED) is 0.811. The lowest BCUT2D eigenvalue weighted by molar-refractivity contribution is -0.119. The van der Waals surface area contributed by atoms with E-state index in [-0.39, 0.29) is 15.9 Å². The summed E-state index contributed by atoms with van der Waals surface area (Å²) in [7, 11) is -3.67. The Bertz CT molecular complexity index is 891. The van der Waals surface area contributed by atoms with Gasteiger partial charge in [-0.1, -0.05) is 18.2 Å². The van der Waals surface area contributed by atoms with E-state index in [4.69, 9.17) is 0 Å². The molecule has 0 radical (unpaired) electrons. The highest BCUT2D eigenvalue weighted by atomic mass is 32.2. The molecule has 1 atom stereocenters. The lowest BCUT2D eigenvalue weighted by Gasteiger charge is -2.22. The van der Waals surface area contributed by atoms with E-state index >= 15 is 0 Å². The molecule has 1 fully saturated rings. The average molecular weight is 378 g/mol. The molecule has 2 aromatic rings. The molecule has 0 unspecified atom stereocenters. The van der Waals surface area contributed by atoms with Crippen LogP contribution in [0.15, 0.2) is 46.0 Å². The van der Waals surface area contributed by atoms with Gasteiger partial charge in [0.25, 0.3) is 10.0 Å². The molecule has 1 amide bonds. The Labute approximate surface area is 150 Å². The van der Waals surface area contributed by atoms with Crippen molar-refractivity contribution < 1.29 is 18.0 Å². The van der Waals surface area contributed by atoms with Gasteiger partial charge in [0.05, 0.1) is 0 Å². The van der Waals surface area contributed by atoms with E-state index in [0.29, 0.717) is 30.6 Å². The summed E-state index contributed by atoms with van der Waals surface area (Å²) in [5.74, 6) is -0.475. The van der Waals surface area contributed by atoms with E-state index in [1.54, 1.807) is 41.8 Å². The Kier molecular flexibility index (Phi) is 5.03. The summed E-state index contributed by atoms with van der Waals surface area (Å²) < 4.78 is 26.9. The number of anilines is 1. The predicted molar refractivity (Wildman–Crippen MR) is 96.3 cm³/mol. The number of sulfonamides is 1. The maximum Gasteiger partial charge on any atom is 0.253 e. The molecule has 1 N–H and O–H groups in total. The minimum Gasteiger partial charge on any atom is -0.325 e. The number of Topliss-reactive ketones (excluding diaryl/α,β-unsaturated/α-hetero) is 1. The monoisotopic (exact) mass is 378 g/mol. The summed E-state index contributed by atoms with van der Waals surface area (Å²) in [6.45, 7) is 1.78. The highest BCUT2D eigenvalue weighted by Crippen LogP contribution is 2.29. The zero-order valence-corrected chi connectivity index (χ0v) is 15.3. The summed E-state index contributed by atoms with van der Waals surface area (Å²) in [6.07, 6.45) is 1.11. The second kappa shape index (κ2) is 7.07. The number of carbonyl (C=O) groups excluding carboxylic acids is 2.